The van der Waals surface area contributed by atoms with Gasteiger partial charge in [0.25, 0.3) is 0 Å². The summed E-state index contributed by atoms with van der Waals surface area (Å²) in [5.41, 5.74) is 3.82. The molecule has 3 atom stereocenters. The molecule has 2 nitrogen and oxygen atoms in total. The van der Waals surface area contributed by atoms with Gasteiger partial charge in [-0.15, -0.1) is 0 Å². The molecule has 0 N–H and O–H groups in total. The third-order valence-corrected chi connectivity index (χ3v) is 5.94. The lowest BCUT2D eigenvalue weighted by Crippen LogP contribution is -2.38. The Bertz CT molecular complexity index is 1030. The van der Waals surface area contributed by atoms with E-state index in [-0.39, 0.29) is 11.8 Å². The zero-order valence-corrected chi connectivity index (χ0v) is 15.8. The van der Waals surface area contributed by atoms with Crippen molar-refractivity contribution in [3.05, 3.63) is 107 Å². The van der Waals surface area contributed by atoms with Crippen molar-refractivity contribution < 1.29 is 0 Å². The minimum Gasteiger partial charge on any atom is -0.198 e. The van der Waals surface area contributed by atoms with Crippen LogP contribution in [0.1, 0.15) is 34.6 Å². The predicted molar refractivity (Wildman–Crippen MR) is 110 cm³/mol. The third kappa shape index (κ3) is 3.30. The summed E-state index contributed by atoms with van der Waals surface area (Å²) in [6.07, 6.45) is 2.18. The van der Waals surface area contributed by atoms with E-state index in [1.807, 2.05) is 60.7 Å². The van der Waals surface area contributed by atoms with E-state index >= 15 is 0 Å². The van der Waals surface area contributed by atoms with Crippen LogP contribution in [0.3, 0.4) is 0 Å². The van der Waals surface area contributed by atoms with Crippen LogP contribution in [0, 0.1) is 28.6 Å². The summed E-state index contributed by atoms with van der Waals surface area (Å²) < 4.78 is 0. The van der Waals surface area contributed by atoms with Crippen molar-refractivity contribution in [2.45, 2.75) is 30.6 Å². The van der Waals surface area contributed by atoms with E-state index in [1.54, 1.807) is 0 Å². The highest BCUT2D eigenvalue weighted by atomic mass is 14.5. The second-order valence-corrected chi connectivity index (χ2v) is 7.70. The van der Waals surface area contributed by atoms with Crippen molar-refractivity contribution in [3.63, 3.8) is 0 Å². The molecule has 0 saturated heterocycles. The molecular formula is C26H22N2. The maximum absolute atomic E-state index is 10.4. The third-order valence-electron chi connectivity index (χ3n) is 5.94. The Morgan fingerprint density at radius 2 is 1.39 bits per heavy atom. The molecule has 4 rings (SSSR count). The fourth-order valence-corrected chi connectivity index (χ4v) is 4.67. The first-order valence-electron chi connectivity index (χ1n) is 9.74. The van der Waals surface area contributed by atoms with Gasteiger partial charge in [0.1, 0.15) is 0 Å². The first-order valence-corrected chi connectivity index (χ1v) is 9.74. The summed E-state index contributed by atoms with van der Waals surface area (Å²) in [5, 5.41) is 20.3. The lowest BCUT2D eigenvalue weighted by atomic mass is 9.60. The molecule has 3 aromatic rings. The Labute approximate surface area is 166 Å². The number of nitriles is 2. The molecule has 0 saturated carbocycles. The van der Waals surface area contributed by atoms with E-state index in [4.69, 9.17) is 0 Å². The average molecular weight is 362 g/mol. The smallest absolute Gasteiger partial charge is 0.0868 e. The molecule has 0 unspecified atom stereocenters. The molecule has 0 radical (unpaired) electrons. The Morgan fingerprint density at radius 3 is 2.04 bits per heavy atom. The molecule has 0 spiro atoms. The zero-order valence-electron chi connectivity index (χ0n) is 15.8. The van der Waals surface area contributed by atoms with Crippen molar-refractivity contribution in [1.82, 2.24) is 0 Å². The van der Waals surface area contributed by atoms with E-state index in [2.05, 4.69) is 36.4 Å². The van der Waals surface area contributed by atoms with E-state index < -0.39 is 5.41 Å². The normalized spacial score (nSPS) is 23.2. The van der Waals surface area contributed by atoms with Crippen molar-refractivity contribution in [2.24, 2.45) is 5.92 Å². The van der Waals surface area contributed by atoms with Crippen LogP contribution in [0.2, 0.25) is 0 Å². The van der Waals surface area contributed by atoms with Gasteiger partial charge < -0.3 is 0 Å². The largest absolute Gasteiger partial charge is 0.198 e. The van der Waals surface area contributed by atoms with E-state index in [0.717, 1.165) is 23.1 Å². The van der Waals surface area contributed by atoms with Crippen molar-refractivity contribution in [3.8, 4) is 12.1 Å². The molecule has 0 aliphatic heterocycles. The summed E-state index contributed by atoms with van der Waals surface area (Å²) in [5.74, 6) is -0.0701. The number of hydrogen-bond acceptors (Lipinski definition) is 2. The van der Waals surface area contributed by atoms with E-state index in [0.29, 0.717) is 12.8 Å². The molecule has 0 bridgehead atoms. The van der Waals surface area contributed by atoms with Gasteiger partial charge in [0.05, 0.1) is 23.5 Å². The van der Waals surface area contributed by atoms with Crippen molar-refractivity contribution in [2.75, 3.05) is 0 Å². The molecule has 3 aromatic carbocycles. The Kier molecular flexibility index (Phi) is 4.96. The van der Waals surface area contributed by atoms with E-state index in [9.17, 15) is 10.5 Å². The molecule has 0 heterocycles. The highest BCUT2D eigenvalue weighted by molar-refractivity contribution is 5.48. The highest BCUT2D eigenvalue weighted by Crippen LogP contribution is 2.48. The van der Waals surface area contributed by atoms with Crippen molar-refractivity contribution in [1.29, 1.82) is 10.5 Å². The maximum atomic E-state index is 10.4. The van der Waals surface area contributed by atoms with Gasteiger partial charge in [-0.1, -0.05) is 84.9 Å². The first kappa shape index (κ1) is 18.0. The van der Waals surface area contributed by atoms with Crippen LogP contribution >= 0.6 is 0 Å². The maximum Gasteiger partial charge on any atom is 0.0868 e. The Balaban J connectivity index is 1.79. The van der Waals surface area contributed by atoms with Gasteiger partial charge >= 0.3 is 0 Å². The van der Waals surface area contributed by atoms with Gasteiger partial charge in [-0.3, -0.25) is 0 Å². The van der Waals surface area contributed by atoms with Gasteiger partial charge in [0.2, 0.25) is 0 Å². The fourth-order valence-electron chi connectivity index (χ4n) is 4.67. The van der Waals surface area contributed by atoms with Crippen LogP contribution in [-0.2, 0) is 18.3 Å². The summed E-state index contributed by atoms with van der Waals surface area (Å²) in [6.45, 7) is 0. The summed E-state index contributed by atoms with van der Waals surface area (Å²) in [7, 11) is 0. The fraction of sp³-hybridized carbons (Fsp3) is 0.231. The van der Waals surface area contributed by atoms with E-state index in [1.165, 1.54) is 5.56 Å². The number of fused-ring (bicyclic) bond motifs is 1. The molecule has 136 valence electrons. The molecule has 0 aromatic heterocycles. The Morgan fingerprint density at radius 1 is 0.786 bits per heavy atom. The second kappa shape index (κ2) is 7.71. The Hall–Kier alpha value is -3.36. The second-order valence-electron chi connectivity index (χ2n) is 7.70. The minimum atomic E-state index is -0.606. The van der Waals surface area contributed by atoms with Crippen LogP contribution in [0.4, 0.5) is 0 Å². The standard InChI is InChI=1S/C26H22N2/c27-18-24-22(15-20-9-3-1-4-10-20)17-26(19-28,16-21-11-5-2-6-12-21)25-14-8-7-13-23(24)25/h1-14,22,24H,15-17H2/t22-,24+,26-/m0/s1. The number of nitrogens with zero attached hydrogens (tertiary/aromatic N) is 2. The van der Waals surface area contributed by atoms with Crippen LogP contribution in [0.25, 0.3) is 0 Å². The van der Waals surface area contributed by atoms with Crippen LogP contribution in [0.5, 0.6) is 0 Å². The number of benzene rings is 3. The molecule has 0 amide bonds. The number of hydrogen-bond donors (Lipinski definition) is 0. The average Bonchev–Trinajstić information content (AvgIpc) is 2.75. The molecule has 28 heavy (non-hydrogen) atoms. The lowest BCUT2D eigenvalue weighted by molar-refractivity contribution is 0.319. The van der Waals surface area contributed by atoms with Crippen LogP contribution in [-0.4, -0.2) is 0 Å². The summed E-state index contributed by atoms with van der Waals surface area (Å²) in [4.78, 5) is 0. The highest BCUT2D eigenvalue weighted by Gasteiger charge is 2.45. The summed E-state index contributed by atoms with van der Waals surface area (Å²) >= 11 is 0. The quantitative estimate of drug-likeness (QED) is 0.610. The van der Waals surface area contributed by atoms with Gasteiger partial charge in [-0.05, 0) is 47.4 Å². The molecule has 1 aliphatic carbocycles. The molecule has 2 heteroatoms. The SMILES string of the molecule is N#C[C@H]1c2ccccc2[C@@](C#N)(Cc2ccccc2)C[C@@H]1Cc1ccccc1. The predicted octanol–water partition coefficient (Wildman–Crippen LogP) is 5.56. The van der Waals surface area contributed by atoms with Gasteiger partial charge in [-0.25, -0.2) is 0 Å². The monoisotopic (exact) mass is 362 g/mol. The van der Waals surface area contributed by atoms with Crippen LogP contribution in [0.15, 0.2) is 84.9 Å². The first-order chi connectivity index (χ1) is 13.8. The summed E-state index contributed by atoms with van der Waals surface area (Å²) in [6, 6.07) is 33.8. The van der Waals surface area contributed by atoms with Gasteiger partial charge in [-0.2, -0.15) is 10.5 Å². The lowest BCUT2D eigenvalue weighted by Gasteiger charge is -2.40. The van der Waals surface area contributed by atoms with Crippen molar-refractivity contribution >= 4 is 0 Å². The molecule has 0 fully saturated rings. The van der Waals surface area contributed by atoms with Gasteiger partial charge in [0, 0.05) is 0 Å². The molecule has 1 aliphatic rings. The minimum absolute atomic E-state index is 0.116. The molecular weight excluding hydrogens is 340 g/mol. The number of rotatable bonds is 4. The van der Waals surface area contributed by atoms with Crippen LogP contribution < -0.4 is 0 Å². The topological polar surface area (TPSA) is 47.6 Å². The zero-order chi connectivity index (χ0) is 19.4. The van der Waals surface area contributed by atoms with Gasteiger partial charge in [0.15, 0.2) is 0 Å².